The van der Waals surface area contributed by atoms with Crippen LogP contribution in [0.4, 0.5) is 0 Å². The van der Waals surface area contributed by atoms with Crippen LogP contribution in [0.15, 0.2) is 48.5 Å². The normalized spacial score (nSPS) is 19.6. The van der Waals surface area contributed by atoms with E-state index in [1.807, 2.05) is 24.3 Å². The Kier molecular flexibility index (Phi) is 7.52. The standard InChI is InChI=1S/C26H33N/c1-2-3-4-5-21-6-8-22(9-7-21)10-11-23-12-16-25(17-13-23)26-18-14-24(20-27)15-19-26/h12-19,21-22H,2-11H2,1H3. The molecule has 1 heteroatoms. The van der Waals surface area contributed by atoms with E-state index in [1.165, 1.54) is 80.9 Å². The van der Waals surface area contributed by atoms with Crippen molar-refractivity contribution in [3.05, 3.63) is 59.7 Å². The number of hydrogen-bond donors (Lipinski definition) is 0. The Labute approximate surface area is 165 Å². The van der Waals surface area contributed by atoms with E-state index in [0.717, 1.165) is 17.4 Å². The molecular formula is C26H33N. The maximum absolute atomic E-state index is 8.91. The summed E-state index contributed by atoms with van der Waals surface area (Å²) in [5.74, 6) is 1.95. The number of hydrogen-bond acceptors (Lipinski definition) is 1. The third-order valence-corrected chi connectivity index (χ3v) is 6.32. The van der Waals surface area contributed by atoms with Gasteiger partial charge in [-0.2, -0.15) is 5.26 Å². The Hall–Kier alpha value is -2.07. The predicted octanol–water partition coefficient (Wildman–Crippen LogP) is 7.54. The maximum Gasteiger partial charge on any atom is 0.0991 e. The van der Waals surface area contributed by atoms with Crippen molar-refractivity contribution in [1.29, 1.82) is 5.26 Å². The van der Waals surface area contributed by atoms with Crippen LogP contribution in [0.5, 0.6) is 0 Å². The van der Waals surface area contributed by atoms with Crippen molar-refractivity contribution in [2.45, 2.75) is 71.1 Å². The number of aryl methyl sites for hydroxylation is 1. The molecule has 0 unspecified atom stereocenters. The average molecular weight is 360 g/mol. The van der Waals surface area contributed by atoms with Crippen molar-refractivity contribution in [3.8, 4) is 17.2 Å². The smallest absolute Gasteiger partial charge is 0.0991 e. The summed E-state index contributed by atoms with van der Waals surface area (Å²) in [7, 11) is 0. The van der Waals surface area contributed by atoms with Crippen LogP contribution in [0.3, 0.4) is 0 Å². The van der Waals surface area contributed by atoms with Crippen LogP contribution in [0, 0.1) is 23.2 Å². The Balaban J connectivity index is 1.43. The van der Waals surface area contributed by atoms with Crippen LogP contribution >= 0.6 is 0 Å². The second-order valence-electron chi connectivity index (χ2n) is 8.31. The molecule has 0 radical (unpaired) electrons. The van der Waals surface area contributed by atoms with Crippen LogP contribution in [0.1, 0.15) is 75.8 Å². The monoisotopic (exact) mass is 359 g/mol. The molecule has 0 amide bonds. The number of nitriles is 1. The van der Waals surface area contributed by atoms with E-state index in [9.17, 15) is 0 Å². The molecule has 27 heavy (non-hydrogen) atoms. The Morgan fingerprint density at radius 2 is 1.33 bits per heavy atom. The molecule has 1 aliphatic rings. The van der Waals surface area contributed by atoms with Crippen LogP contribution in [0.2, 0.25) is 0 Å². The van der Waals surface area contributed by atoms with Crippen molar-refractivity contribution in [2.24, 2.45) is 11.8 Å². The van der Waals surface area contributed by atoms with Gasteiger partial charge >= 0.3 is 0 Å². The first-order valence-corrected chi connectivity index (χ1v) is 10.9. The van der Waals surface area contributed by atoms with Crippen molar-refractivity contribution < 1.29 is 0 Å². The summed E-state index contributed by atoms with van der Waals surface area (Å²) >= 11 is 0. The van der Waals surface area contributed by atoms with E-state index in [0.29, 0.717) is 0 Å². The summed E-state index contributed by atoms with van der Waals surface area (Å²) in [6.07, 6.45) is 14.0. The average Bonchev–Trinajstić information content (AvgIpc) is 2.74. The molecule has 0 bridgehead atoms. The maximum atomic E-state index is 8.91. The van der Waals surface area contributed by atoms with E-state index in [4.69, 9.17) is 5.26 Å². The number of nitrogens with zero attached hydrogens (tertiary/aromatic N) is 1. The molecule has 0 spiro atoms. The first-order chi connectivity index (χ1) is 13.3. The molecule has 2 aromatic carbocycles. The Morgan fingerprint density at radius 3 is 1.89 bits per heavy atom. The molecule has 0 atom stereocenters. The van der Waals surface area contributed by atoms with E-state index in [1.54, 1.807) is 0 Å². The molecule has 0 aliphatic heterocycles. The molecule has 0 saturated heterocycles. The summed E-state index contributed by atoms with van der Waals surface area (Å²) in [6.45, 7) is 2.30. The van der Waals surface area contributed by atoms with Crippen LogP contribution in [0.25, 0.3) is 11.1 Å². The van der Waals surface area contributed by atoms with Gasteiger partial charge in [-0.25, -0.2) is 0 Å². The minimum Gasteiger partial charge on any atom is -0.192 e. The highest BCUT2D eigenvalue weighted by molar-refractivity contribution is 5.64. The van der Waals surface area contributed by atoms with Gasteiger partial charge in [-0.15, -0.1) is 0 Å². The zero-order valence-electron chi connectivity index (χ0n) is 16.8. The molecule has 142 valence electrons. The fourth-order valence-corrected chi connectivity index (χ4v) is 4.46. The van der Waals surface area contributed by atoms with E-state index < -0.39 is 0 Å². The Bertz CT molecular complexity index is 712. The summed E-state index contributed by atoms with van der Waals surface area (Å²) in [5, 5.41) is 8.91. The fourth-order valence-electron chi connectivity index (χ4n) is 4.46. The van der Waals surface area contributed by atoms with Crippen molar-refractivity contribution >= 4 is 0 Å². The number of unbranched alkanes of at least 4 members (excludes halogenated alkanes) is 2. The van der Waals surface area contributed by atoms with Gasteiger partial charge in [-0.3, -0.25) is 0 Å². The quantitative estimate of drug-likeness (QED) is 0.446. The van der Waals surface area contributed by atoms with Gasteiger partial charge in [-0.05, 0) is 53.5 Å². The second-order valence-corrected chi connectivity index (χ2v) is 8.31. The highest BCUT2D eigenvalue weighted by Gasteiger charge is 2.20. The lowest BCUT2D eigenvalue weighted by atomic mass is 9.78. The van der Waals surface area contributed by atoms with Crippen LogP contribution in [-0.2, 0) is 6.42 Å². The molecule has 0 N–H and O–H groups in total. The summed E-state index contributed by atoms with van der Waals surface area (Å²) in [5.41, 5.74) is 4.59. The second kappa shape index (κ2) is 10.3. The zero-order chi connectivity index (χ0) is 18.9. The van der Waals surface area contributed by atoms with Gasteiger partial charge in [0.2, 0.25) is 0 Å². The van der Waals surface area contributed by atoms with Gasteiger partial charge in [0.1, 0.15) is 0 Å². The van der Waals surface area contributed by atoms with Gasteiger partial charge in [0.25, 0.3) is 0 Å². The van der Waals surface area contributed by atoms with Gasteiger partial charge in [-0.1, -0.05) is 94.7 Å². The van der Waals surface area contributed by atoms with Crippen molar-refractivity contribution in [2.75, 3.05) is 0 Å². The third kappa shape index (κ3) is 5.96. The topological polar surface area (TPSA) is 23.8 Å². The summed E-state index contributed by atoms with van der Waals surface area (Å²) in [6, 6.07) is 19.0. The summed E-state index contributed by atoms with van der Waals surface area (Å²) in [4.78, 5) is 0. The largest absolute Gasteiger partial charge is 0.192 e. The van der Waals surface area contributed by atoms with Crippen molar-refractivity contribution in [1.82, 2.24) is 0 Å². The van der Waals surface area contributed by atoms with E-state index >= 15 is 0 Å². The minimum atomic E-state index is 0.718. The van der Waals surface area contributed by atoms with Gasteiger partial charge in [0.15, 0.2) is 0 Å². The molecule has 1 fully saturated rings. The van der Waals surface area contributed by atoms with Gasteiger partial charge in [0.05, 0.1) is 11.6 Å². The van der Waals surface area contributed by atoms with Gasteiger partial charge < -0.3 is 0 Å². The van der Waals surface area contributed by atoms with Gasteiger partial charge in [0, 0.05) is 0 Å². The number of benzene rings is 2. The summed E-state index contributed by atoms with van der Waals surface area (Å²) < 4.78 is 0. The molecule has 1 nitrogen and oxygen atoms in total. The molecule has 0 heterocycles. The van der Waals surface area contributed by atoms with Crippen molar-refractivity contribution in [3.63, 3.8) is 0 Å². The van der Waals surface area contributed by atoms with E-state index in [-0.39, 0.29) is 0 Å². The lowest BCUT2D eigenvalue weighted by Crippen LogP contribution is -2.15. The first kappa shape index (κ1) is 19.7. The molecule has 3 rings (SSSR count). The van der Waals surface area contributed by atoms with Crippen LogP contribution in [-0.4, -0.2) is 0 Å². The molecular weight excluding hydrogens is 326 g/mol. The molecule has 1 aliphatic carbocycles. The predicted molar refractivity (Wildman–Crippen MR) is 115 cm³/mol. The lowest BCUT2D eigenvalue weighted by Gasteiger charge is -2.28. The molecule has 0 aromatic heterocycles. The third-order valence-electron chi connectivity index (χ3n) is 6.32. The molecule has 2 aromatic rings. The highest BCUT2D eigenvalue weighted by Crippen LogP contribution is 2.34. The number of rotatable bonds is 8. The van der Waals surface area contributed by atoms with E-state index in [2.05, 4.69) is 37.3 Å². The SMILES string of the molecule is CCCCCC1CCC(CCc2ccc(-c3ccc(C#N)cc3)cc2)CC1. The zero-order valence-corrected chi connectivity index (χ0v) is 16.8. The minimum absolute atomic E-state index is 0.718. The Morgan fingerprint density at radius 1 is 0.778 bits per heavy atom. The first-order valence-electron chi connectivity index (χ1n) is 10.9. The lowest BCUT2D eigenvalue weighted by molar-refractivity contribution is 0.249. The van der Waals surface area contributed by atoms with Crippen LogP contribution < -0.4 is 0 Å². The fraction of sp³-hybridized carbons (Fsp3) is 0.500. The highest BCUT2D eigenvalue weighted by atomic mass is 14.3. The molecule has 1 saturated carbocycles.